The smallest absolute Gasteiger partial charge is 0.380 e. The van der Waals surface area contributed by atoms with E-state index >= 15 is 0 Å². The number of hydrogen-bond acceptors (Lipinski definition) is 7. The number of carbonyl (C=O) groups excluding carboxylic acids is 1. The Balaban J connectivity index is 0. The number of hydrogen-bond donors (Lipinski definition) is 1. The highest BCUT2D eigenvalue weighted by molar-refractivity contribution is 5.78. The van der Waals surface area contributed by atoms with Crippen LogP contribution < -0.4 is 0 Å². The molecule has 0 rings (SSSR count). The second kappa shape index (κ2) is 20.2. The van der Waals surface area contributed by atoms with Crippen molar-refractivity contribution in [3.63, 3.8) is 0 Å². The predicted octanol–water partition coefficient (Wildman–Crippen LogP) is 6.96. The fraction of sp³-hybridized carbons (Fsp3) is 0.920. The van der Waals surface area contributed by atoms with E-state index in [1.165, 1.54) is 0 Å². The third-order valence-corrected chi connectivity index (χ3v) is 5.65. The average molecular weight is 479 g/mol. The van der Waals surface area contributed by atoms with E-state index in [2.05, 4.69) is 18.9 Å². The third kappa shape index (κ3) is 16.1. The molecule has 0 saturated carbocycles. The maximum absolute atomic E-state index is 12.4. The van der Waals surface area contributed by atoms with Crippen molar-refractivity contribution in [3.8, 4) is 0 Å². The third-order valence-electron chi connectivity index (χ3n) is 5.65. The summed E-state index contributed by atoms with van der Waals surface area (Å²) in [5.41, 5.74) is -1.69. The van der Waals surface area contributed by atoms with Gasteiger partial charge in [-0.25, -0.2) is 14.6 Å². The summed E-state index contributed by atoms with van der Waals surface area (Å²) in [6.07, 6.45) is 8.99. The molecule has 0 heterocycles. The molecule has 0 fully saturated rings. The molecule has 33 heavy (non-hydrogen) atoms. The first-order valence-corrected chi connectivity index (χ1v) is 12.7. The summed E-state index contributed by atoms with van der Waals surface area (Å²) in [6.45, 7) is 16.0. The molecule has 0 aliphatic heterocycles. The molecule has 2 atom stereocenters. The highest BCUT2D eigenvalue weighted by Gasteiger charge is 2.42. The quantitative estimate of drug-likeness (QED) is 0.121. The zero-order valence-corrected chi connectivity index (χ0v) is 22.4. The molecule has 0 aromatic carbocycles. The first kappa shape index (κ1) is 34.0. The summed E-state index contributed by atoms with van der Waals surface area (Å²) in [5, 5.41) is 13.3. The van der Waals surface area contributed by atoms with Crippen molar-refractivity contribution in [2.24, 2.45) is 5.92 Å². The molecule has 0 amide bonds. The molecular weight excluding hydrogens is 428 g/mol. The topological polar surface area (TPSA) is 101 Å². The zero-order chi connectivity index (χ0) is 25.8. The van der Waals surface area contributed by atoms with Crippen molar-refractivity contribution in [3.05, 3.63) is 0 Å². The Labute approximate surface area is 201 Å². The van der Waals surface area contributed by atoms with E-state index in [0.717, 1.165) is 57.8 Å². The van der Waals surface area contributed by atoms with Crippen molar-refractivity contribution in [2.45, 2.75) is 137 Å². The Morgan fingerprint density at radius 3 is 1.91 bits per heavy atom. The van der Waals surface area contributed by atoms with Gasteiger partial charge in [0.15, 0.2) is 0 Å². The Morgan fingerprint density at radius 2 is 1.45 bits per heavy atom. The largest absolute Gasteiger partial charge is 0.481 e. The van der Waals surface area contributed by atoms with E-state index in [1.807, 2.05) is 41.5 Å². The van der Waals surface area contributed by atoms with Crippen LogP contribution in [0, 0.1) is 5.92 Å². The lowest BCUT2D eigenvalue weighted by molar-refractivity contribution is -0.522. The number of rotatable bonds is 19. The second-order valence-electron chi connectivity index (χ2n) is 8.93. The Hall–Kier alpha value is -1.22. The van der Waals surface area contributed by atoms with Crippen LogP contribution in [0.1, 0.15) is 126 Å². The fourth-order valence-corrected chi connectivity index (χ4v) is 2.61. The van der Waals surface area contributed by atoms with E-state index < -0.39 is 23.1 Å². The van der Waals surface area contributed by atoms with Crippen LogP contribution >= 0.6 is 0 Å². The van der Waals surface area contributed by atoms with Gasteiger partial charge in [0, 0.05) is 0 Å². The van der Waals surface area contributed by atoms with Gasteiger partial charge in [0.1, 0.15) is 5.60 Å². The summed E-state index contributed by atoms with van der Waals surface area (Å²) < 4.78 is 0. The van der Waals surface area contributed by atoms with Gasteiger partial charge >= 0.3 is 11.9 Å². The van der Waals surface area contributed by atoms with Gasteiger partial charge in [-0.2, -0.15) is 4.89 Å². The zero-order valence-electron chi connectivity index (χ0n) is 22.4. The molecule has 0 aliphatic rings. The van der Waals surface area contributed by atoms with E-state index in [0.29, 0.717) is 19.4 Å². The van der Waals surface area contributed by atoms with Crippen LogP contribution in [0.15, 0.2) is 0 Å². The van der Waals surface area contributed by atoms with Crippen molar-refractivity contribution in [1.82, 2.24) is 0 Å². The lowest BCUT2D eigenvalue weighted by atomic mass is 9.94. The number of carboxylic acid groups (broad SMARTS) is 1. The SMILES string of the molecule is CCCCC(CC)C(=O)O.CCCCOOC(CC)(CCCC)C(=O)OOOC(C)(C)CC. The second-order valence-corrected chi connectivity index (χ2v) is 8.93. The average Bonchev–Trinajstić information content (AvgIpc) is 2.79. The molecule has 1 N–H and O–H groups in total. The van der Waals surface area contributed by atoms with E-state index in [4.69, 9.17) is 24.7 Å². The number of carboxylic acids is 1. The highest BCUT2D eigenvalue weighted by atomic mass is 17.5. The van der Waals surface area contributed by atoms with Crippen LogP contribution in [-0.2, 0) is 34.2 Å². The van der Waals surface area contributed by atoms with E-state index in [1.54, 1.807) is 0 Å². The minimum Gasteiger partial charge on any atom is -0.481 e. The van der Waals surface area contributed by atoms with Gasteiger partial charge in [-0.15, -0.1) is 0 Å². The maximum Gasteiger partial charge on any atom is 0.380 e. The fourth-order valence-electron chi connectivity index (χ4n) is 2.61. The molecule has 0 aliphatic carbocycles. The molecule has 0 aromatic heterocycles. The normalized spacial score (nSPS) is 14.1. The van der Waals surface area contributed by atoms with Crippen LogP contribution in [0.2, 0.25) is 0 Å². The summed E-state index contributed by atoms with van der Waals surface area (Å²) in [6, 6.07) is 0. The van der Waals surface area contributed by atoms with E-state index in [9.17, 15) is 9.59 Å². The Morgan fingerprint density at radius 1 is 0.848 bits per heavy atom. The lowest BCUT2D eigenvalue weighted by Crippen LogP contribution is -2.43. The molecule has 8 nitrogen and oxygen atoms in total. The standard InChI is InChI=1S/C17H34O6.C8H16O2/c1-7-11-13-17(10-4,22-19-14-12-8-2)15(18)20-23-21-16(5,6)9-3;1-3-5-6-7(4-2)8(9)10/h7-14H2,1-6H3;7H,3-6H2,1-2H3,(H,9,10). The van der Waals surface area contributed by atoms with Gasteiger partial charge in [0.25, 0.3) is 0 Å². The van der Waals surface area contributed by atoms with Gasteiger partial charge in [-0.1, -0.05) is 73.6 Å². The molecule has 0 bridgehead atoms. The molecule has 0 aromatic rings. The minimum absolute atomic E-state index is 0.111. The highest BCUT2D eigenvalue weighted by Crippen LogP contribution is 2.26. The number of carbonyl (C=O) groups is 2. The van der Waals surface area contributed by atoms with Crippen LogP contribution in [-0.4, -0.2) is 34.9 Å². The molecular formula is C25H50O8. The van der Waals surface area contributed by atoms with Crippen molar-refractivity contribution in [1.29, 1.82) is 0 Å². The molecule has 0 radical (unpaired) electrons. The summed E-state index contributed by atoms with van der Waals surface area (Å²) >= 11 is 0. The first-order chi connectivity index (χ1) is 15.6. The van der Waals surface area contributed by atoms with Gasteiger partial charge < -0.3 is 5.11 Å². The summed E-state index contributed by atoms with van der Waals surface area (Å²) in [4.78, 5) is 43.4. The van der Waals surface area contributed by atoms with Crippen LogP contribution in [0.5, 0.6) is 0 Å². The van der Waals surface area contributed by atoms with Gasteiger partial charge in [0.2, 0.25) is 5.60 Å². The molecule has 0 spiro atoms. The molecule has 2 unspecified atom stereocenters. The summed E-state index contributed by atoms with van der Waals surface area (Å²) in [5.74, 6) is -1.38. The van der Waals surface area contributed by atoms with Crippen LogP contribution in [0.25, 0.3) is 0 Å². The number of aliphatic carboxylic acids is 1. The minimum atomic E-state index is -1.16. The van der Waals surface area contributed by atoms with Crippen molar-refractivity contribution >= 4 is 11.9 Å². The monoisotopic (exact) mass is 478 g/mol. The predicted molar refractivity (Wildman–Crippen MR) is 128 cm³/mol. The van der Waals surface area contributed by atoms with Gasteiger partial charge in [-0.3, -0.25) is 9.68 Å². The van der Waals surface area contributed by atoms with Gasteiger partial charge in [-0.05, 0) is 57.4 Å². The first-order valence-electron chi connectivity index (χ1n) is 12.7. The molecule has 0 saturated heterocycles. The molecule has 198 valence electrons. The van der Waals surface area contributed by atoms with Crippen LogP contribution in [0.4, 0.5) is 0 Å². The van der Waals surface area contributed by atoms with Crippen LogP contribution in [0.3, 0.4) is 0 Å². The Kier molecular flexibility index (Phi) is 20.8. The molecule has 8 heteroatoms. The summed E-state index contributed by atoms with van der Waals surface area (Å²) in [7, 11) is 0. The van der Waals surface area contributed by atoms with Crippen molar-refractivity contribution < 1.29 is 39.3 Å². The number of unbranched alkanes of at least 4 members (excludes halogenated alkanes) is 3. The van der Waals surface area contributed by atoms with Crippen molar-refractivity contribution in [2.75, 3.05) is 6.61 Å². The van der Waals surface area contributed by atoms with E-state index in [-0.39, 0.29) is 5.92 Å². The van der Waals surface area contributed by atoms with Gasteiger partial charge in [0.05, 0.1) is 12.5 Å². The maximum atomic E-state index is 12.4. The lowest BCUT2D eigenvalue weighted by Gasteiger charge is -2.28. The Bertz CT molecular complexity index is 495.